The summed E-state index contributed by atoms with van der Waals surface area (Å²) in [5, 5.41) is 0. The molecule has 2 rings (SSSR count). The van der Waals surface area contributed by atoms with Crippen molar-refractivity contribution in [3.63, 3.8) is 0 Å². The molecular formula is C12H13F3N2. The minimum atomic E-state index is -4.32. The second-order valence-corrected chi connectivity index (χ2v) is 4.99. The van der Waals surface area contributed by atoms with Crippen LogP contribution in [0, 0.1) is 0 Å². The topological polar surface area (TPSA) is 17.8 Å². The monoisotopic (exact) mass is 242 g/mol. The molecule has 0 aliphatic carbocycles. The number of fused-ring (bicyclic) bond motifs is 1. The SMILES string of the molecule is CC(C)(C)n1cnc2ccc(C(F)(F)F)cc21. The van der Waals surface area contributed by atoms with Gasteiger partial charge in [0.1, 0.15) is 0 Å². The van der Waals surface area contributed by atoms with Crippen LogP contribution in [0.4, 0.5) is 13.2 Å². The summed E-state index contributed by atoms with van der Waals surface area (Å²) in [6.45, 7) is 5.77. The van der Waals surface area contributed by atoms with Gasteiger partial charge in [0.25, 0.3) is 0 Å². The lowest BCUT2D eigenvalue weighted by atomic mass is 10.1. The van der Waals surface area contributed by atoms with Crippen LogP contribution in [0.5, 0.6) is 0 Å². The van der Waals surface area contributed by atoms with E-state index in [4.69, 9.17) is 0 Å². The van der Waals surface area contributed by atoms with E-state index in [1.807, 2.05) is 20.8 Å². The van der Waals surface area contributed by atoms with Gasteiger partial charge in [-0.25, -0.2) is 4.98 Å². The van der Waals surface area contributed by atoms with E-state index in [0.29, 0.717) is 11.0 Å². The molecule has 0 fully saturated rings. The van der Waals surface area contributed by atoms with E-state index in [9.17, 15) is 13.2 Å². The molecule has 0 amide bonds. The molecule has 2 aromatic rings. The van der Waals surface area contributed by atoms with Crippen molar-refractivity contribution in [2.24, 2.45) is 0 Å². The highest BCUT2D eigenvalue weighted by atomic mass is 19.4. The van der Waals surface area contributed by atoms with Gasteiger partial charge in [0, 0.05) is 5.54 Å². The first-order chi connectivity index (χ1) is 7.69. The van der Waals surface area contributed by atoms with E-state index in [1.54, 1.807) is 10.9 Å². The molecular weight excluding hydrogens is 229 g/mol. The fourth-order valence-corrected chi connectivity index (χ4v) is 1.72. The van der Waals surface area contributed by atoms with Gasteiger partial charge in [0.05, 0.1) is 22.9 Å². The average Bonchev–Trinajstić information content (AvgIpc) is 2.57. The summed E-state index contributed by atoms with van der Waals surface area (Å²) in [4.78, 5) is 4.10. The number of benzene rings is 1. The average molecular weight is 242 g/mol. The molecule has 0 unspecified atom stereocenters. The summed E-state index contributed by atoms with van der Waals surface area (Å²) in [6, 6.07) is 3.61. The van der Waals surface area contributed by atoms with Crippen molar-refractivity contribution in [3.05, 3.63) is 30.1 Å². The number of nitrogens with zero attached hydrogens (tertiary/aromatic N) is 2. The normalized spacial score (nSPS) is 13.3. The van der Waals surface area contributed by atoms with Crippen molar-refractivity contribution in [3.8, 4) is 0 Å². The lowest BCUT2D eigenvalue weighted by Gasteiger charge is -2.22. The fraction of sp³-hybridized carbons (Fsp3) is 0.417. The fourth-order valence-electron chi connectivity index (χ4n) is 1.72. The van der Waals surface area contributed by atoms with Gasteiger partial charge in [-0.1, -0.05) is 0 Å². The Labute approximate surface area is 97.1 Å². The Balaban J connectivity index is 2.67. The molecule has 92 valence electrons. The summed E-state index contributed by atoms with van der Waals surface area (Å²) in [5.74, 6) is 0. The Kier molecular flexibility index (Phi) is 2.45. The maximum Gasteiger partial charge on any atom is 0.416 e. The predicted molar refractivity (Wildman–Crippen MR) is 59.7 cm³/mol. The van der Waals surface area contributed by atoms with E-state index < -0.39 is 11.7 Å². The van der Waals surface area contributed by atoms with Crippen molar-refractivity contribution in [1.82, 2.24) is 9.55 Å². The third-order valence-corrected chi connectivity index (χ3v) is 2.60. The lowest BCUT2D eigenvalue weighted by molar-refractivity contribution is -0.137. The third-order valence-electron chi connectivity index (χ3n) is 2.60. The summed E-state index contributed by atoms with van der Waals surface area (Å²) in [6.07, 6.45) is -2.74. The van der Waals surface area contributed by atoms with Crippen LogP contribution in [-0.4, -0.2) is 9.55 Å². The van der Waals surface area contributed by atoms with Crippen LogP contribution in [0.3, 0.4) is 0 Å². The molecule has 1 aromatic carbocycles. The van der Waals surface area contributed by atoms with Crippen LogP contribution in [0.15, 0.2) is 24.5 Å². The van der Waals surface area contributed by atoms with Crippen LogP contribution in [0.2, 0.25) is 0 Å². The summed E-state index contributed by atoms with van der Waals surface area (Å²) >= 11 is 0. The zero-order valence-electron chi connectivity index (χ0n) is 9.84. The standard InChI is InChI=1S/C12H13F3N2/c1-11(2,3)17-7-16-9-5-4-8(6-10(9)17)12(13,14)15/h4-7H,1-3H3. The second-order valence-electron chi connectivity index (χ2n) is 4.99. The molecule has 0 spiro atoms. The highest BCUT2D eigenvalue weighted by Crippen LogP contribution is 2.32. The van der Waals surface area contributed by atoms with Gasteiger partial charge in [-0.15, -0.1) is 0 Å². The first-order valence-corrected chi connectivity index (χ1v) is 5.24. The first kappa shape index (κ1) is 12.0. The summed E-state index contributed by atoms with van der Waals surface area (Å²) in [5.41, 5.74) is 0.148. The maximum absolute atomic E-state index is 12.6. The van der Waals surface area contributed by atoms with Crippen LogP contribution in [0.1, 0.15) is 26.3 Å². The van der Waals surface area contributed by atoms with E-state index in [2.05, 4.69) is 4.98 Å². The first-order valence-electron chi connectivity index (χ1n) is 5.24. The van der Waals surface area contributed by atoms with Gasteiger partial charge < -0.3 is 4.57 Å². The predicted octanol–water partition coefficient (Wildman–Crippen LogP) is 3.81. The zero-order valence-corrected chi connectivity index (χ0v) is 9.84. The van der Waals surface area contributed by atoms with E-state index in [-0.39, 0.29) is 5.54 Å². The maximum atomic E-state index is 12.6. The molecule has 2 nitrogen and oxygen atoms in total. The molecule has 0 radical (unpaired) electrons. The Morgan fingerprint density at radius 2 is 1.76 bits per heavy atom. The van der Waals surface area contributed by atoms with Crippen LogP contribution >= 0.6 is 0 Å². The van der Waals surface area contributed by atoms with Crippen molar-refractivity contribution in [2.45, 2.75) is 32.5 Å². The third kappa shape index (κ3) is 2.14. The molecule has 0 saturated carbocycles. The molecule has 0 N–H and O–H groups in total. The van der Waals surface area contributed by atoms with Crippen LogP contribution < -0.4 is 0 Å². The minimum Gasteiger partial charge on any atom is -0.325 e. The van der Waals surface area contributed by atoms with E-state index in [1.165, 1.54) is 6.07 Å². The molecule has 0 aliphatic rings. The van der Waals surface area contributed by atoms with Gasteiger partial charge in [-0.2, -0.15) is 13.2 Å². The zero-order chi connectivity index (χ0) is 12.8. The van der Waals surface area contributed by atoms with Gasteiger partial charge >= 0.3 is 6.18 Å². The minimum absolute atomic E-state index is 0.293. The molecule has 0 saturated heterocycles. The summed E-state index contributed by atoms with van der Waals surface area (Å²) < 4.78 is 39.6. The van der Waals surface area contributed by atoms with E-state index >= 15 is 0 Å². The molecule has 1 heterocycles. The van der Waals surface area contributed by atoms with Gasteiger partial charge in [-0.3, -0.25) is 0 Å². The highest BCUT2D eigenvalue weighted by Gasteiger charge is 2.31. The lowest BCUT2D eigenvalue weighted by Crippen LogP contribution is -2.20. The van der Waals surface area contributed by atoms with Crippen molar-refractivity contribution in [2.75, 3.05) is 0 Å². The smallest absolute Gasteiger partial charge is 0.325 e. The second kappa shape index (κ2) is 3.48. The van der Waals surface area contributed by atoms with Gasteiger partial charge in [-0.05, 0) is 39.0 Å². The van der Waals surface area contributed by atoms with E-state index in [0.717, 1.165) is 12.1 Å². The molecule has 0 atom stereocenters. The Morgan fingerprint density at radius 1 is 1.12 bits per heavy atom. The van der Waals surface area contributed by atoms with Gasteiger partial charge in [0.2, 0.25) is 0 Å². The number of imidazole rings is 1. The number of alkyl halides is 3. The number of halogens is 3. The van der Waals surface area contributed by atoms with Crippen LogP contribution in [0.25, 0.3) is 11.0 Å². The number of hydrogen-bond acceptors (Lipinski definition) is 1. The van der Waals surface area contributed by atoms with Crippen molar-refractivity contribution >= 4 is 11.0 Å². The number of rotatable bonds is 0. The molecule has 0 aliphatic heterocycles. The molecule has 1 aromatic heterocycles. The van der Waals surface area contributed by atoms with Crippen molar-refractivity contribution in [1.29, 1.82) is 0 Å². The largest absolute Gasteiger partial charge is 0.416 e. The molecule has 17 heavy (non-hydrogen) atoms. The quantitative estimate of drug-likeness (QED) is 0.686. The van der Waals surface area contributed by atoms with Crippen molar-refractivity contribution < 1.29 is 13.2 Å². The van der Waals surface area contributed by atoms with Gasteiger partial charge in [0.15, 0.2) is 0 Å². The molecule has 0 bridgehead atoms. The highest BCUT2D eigenvalue weighted by molar-refractivity contribution is 5.76. The Morgan fingerprint density at radius 3 is 2.29 bits per heavy atom. The summed E-state index contributed by atoms with van der Waals surface area (Å²) in [7, 11) is 0. The van der Waals surface area contributed by atoms with Crippen LogP contribution in [-0.2, 0) is 11.7 Å². The number of aromatic nitrogens is 2. The molecule has 5 heteroatoms. The number of hydrogen-bond donors (Lipinski definition) is 0. The Hall–Kier alpha value is -1.52. The Bertz CT molecular complexity index is 547.